The molecular formula is C13H19N5O. The normalized spacial score (nSPS) is 11.0. The molecule has 0 fully saturated rings. The van der Waals surface area contributed by atoms with Gasteiger partial charge in [-0.15, -0.1) is 0 Å². The van der Waals surface area contributed by atoms with Crippen LogP contribution in [0.2, 0.25) is 0 Å². The molecule has 0 radical (unpaired) electrons. The van der Waals surface area contributed by atoms with Crippen LogP contribution in [0.25, 0.3) is 0 Å². The van der Waals surface area contributed by atoms with Crippen molar-refractivity contribution >= 4 is 11.7 Å². The van der Waals surface area contributed by atoms with Gasteiger partial charge in [0.25, 0.3) is 5.91 Å². The first kappa shape index (κ1) is 13.3. The van der Waals surface area contributed by atoms with Crippen LogP contribution in [0.15, 0.2) is 12.3 Å². The average molecular weight is 261 g/mol. The molecular weight excluding hydrogens is 242 g/mol. The molecule has 0 atom stereocenters. The van der Waals surface area contributed by atoms with E-state index in [9.17, 15) is 4.79 Å². The van der Waals surface area contributed by atoms with E-state index in [4.69, 9.17) is 0 Å². The molecule has 0 saturated heterocycles. The Kier molecular flexibility index (Phi) is 3.69. The predicted octanol–water partition coefficient (Wildman–Crippen LogP) is 2.08. The molecule has 2 rings (SSSR count). The molecule has 0 aromatic carbocycles. The van der Waals surface area contributed by atoms with E-state index in [1.165, 1.54) is 0 Å². The van der Waals surface area contributed by atoms with Crippen LogP contribution in [-0.2, 0) is 13.5 Å². The van der Waals surface area contributed by atoms with E-state index in [-0.39, 0.29) is 5.91 Å². The van der Waals surface area contributed by atoms with Crippen LogP contribution >= 0.6 is 0 Å². The maximum atomic E-state index is 12.2. The number of hydrogen-bond acceptors (Lipinski definition) is 3. The van der Waals surface area contributed by atoms with Crippen molar-refractivity contribution in [2.45, 2.75) is 33.1 Å². The molecule has 2 N–H and O–H groups in total. The summed E-state index contributed by atoms with van der Waals surface area (Å²) in [5.41, 5.74) is 2.39. The van der Waals surface area contributed by atoms with E-state index in [1.807, 2.05) is 13.0 Å². The van der Waals surface area contributed by atoms with Gasteiger partial charge in [0.15, 0.2) is 5.82 Å². The molecule has 1 amide bonds. The van der Waals surface area contributed by atoms with Crippen molar-refractivity contribution in [3.8, 4) is 0 Å². The van der Waals surface area contributed by atoms with Crippen molar-refractivity contribution in [2.24, 2.45) is 7.05 Å². The third-order valence-electron chi connectivity index (χ3n) is 2.95. The van der Waals surface area contributed by atoms with Crippen LogP contribution in [0.4, 0.5) is 5.82 Å². The summed E-state index contributed by atoms with van der Waals surface area (Å²) in [6, 6.07) is 1.85. The van der Waals surface area contributed by atoms with E-state index in [0.29, 0.717) is 17.3 Å². The summed E-state index contributed by atoms with van der Waals surface area (Å²) < 4.78 is 1.65. The van der Waals surface area contributed by atoms with Gasteiger partial charge in [0.05, 0.1) is 11.3 Å². The summed E-state index contributed by atoms with van der Waals surface area (Å²) in [5.74, 6) is 0.717. The van der Waals surface area contributed by atoms with E-state index in [2.05, 4.69) is 34.5 Å². The Bertz CT molecular complexity index is 582. The van der Waals surface area contributed by atoms with Crippen LogP contribution in [0.5, 0.6) is 0 Å². The third kappa shape index (κ3) is 2.83. The fraction of sp³-hybridized carbons (Fsp3) is 0.462. The average Bonchev–Trinajstić information content (AvgIpc) is 2.95. The smallest absolute Gasteiger partial charge is 0.260 e. The largest absolute Gasteiger partial charge is 0.305 e. The highest BCUT2D eigenvalue weighted by Crippen LogP contribution is 2.16. The highest BCUT2D eigenvalue weighted by atomic mass is 16.1. The fourth-order valence-corrected chi connectivity index (χ4v) is 1.87. The number of aromatic amines is 1. The molecule has 0 saturated carbocycles. The molecule has 6 nitrogen and oxygen atoms in total. The number of nitrogens with one attached hydrogen (secondary N) is 2. The molecule has 6 heteroatoms. The van der Waals surface area contributed by atoms with Gasteiger partial charge in [-0.2, -0.15) is 10.2 Å². The Hall–Kier alpha value is -2.11. The molecule has 0 spiro atoms. The highest BCUT2D eigenvalue weighted by Gasteiger charge is 2.15. The standard InChI is InChI=1S/C13H19N5O/c1-5-10-9(7-18(4)17-10)13(19)14-12-6-11(8(2)3)15-16-12/h6-8H,5H2,1-4H3,(H2,14,15,16,19). The minimum atomic E-state index is -0.174. The molecule has 0 bridgehead atoms. The monoisotopic (exact) mass is 261 g/mol. The number of H-pyrrole nitrogens is 1. The second kappa shape index (κ2) is 5.26. The molecule has 0 aliphatic rings. The number of hydrogen-bond donors (Lipinski definition) is 2. The van der Waals surface area contributed by atoms with Crippen molar-refractivity contribution in [1.82, 2.24) is 20.0 Å². The Labute approximate surface area is 112 Å². The fourth-order valence-electron chi connectivity index (χ4n) is 1.87. The summed E-state index contributed by atoms with van der Waals surface area (Å²) in [7, 11) is 1.81. The third-order valence-corrected chi connectivity index (χ3v) is 2.95. The number of aryl methyl sites for hydroxylation is 2. The lowest BCUT2D eigenvalue weighted by Crippen LogP contribution is -2.13. The number of nitrogens with zero attached hydrogens (tertiary/aromatic N) is 3. The molecule has 102 valence electrons. The molecule has 0 aliphatic heterocycles. The minimum absolute atomic E-state index is 0.174. The first-order chi connectivity index (χ1) is 9.01. The number of amides is 1. The van der Waals surface area contributed by atoms with Crippen molar-refractivity contribution in [1.29, 1.82) is 0 Å². The van der Waals surface area contributed by atoms with E-state index in [1.54, 1.807) is 17.9 Å². The molecule has 2 aromatic heterocycles. The second-order valence-corrected chi connectivity index (χ2v) is 4.83. The Morgan fingerprint density at radius 2 is 2.26 bits per heavy atom. The van der Waals surface area contributed by atoms with E-state index in [0.717, 1.165) is 17.8 Å². The highest BCUT2D eigenvalue weighted by molar-refractivity contribution is 6.04. The van der Waals surface area contributed by atoms with Crippen LogP contribution in [-0.4, -0.2) is 25.9 Å². The molecule has 0 aliphatic carbocycles. The van der Waals surface area contributed by atoms with Crippen molar-refractivity contribution < 1.29 is 4.79 Å². The second-order valence-electron chi connectivity index (χ2n) is 4.83. The van der Waals surface area contributed by atoms with Crippen molar-refractivity contribution in [3.05, 3.63) is 29.2 Å². The van der Waals surface area contributed by atoms with Crippen molar-refractivity contribution in [3.63, 3.8) is 0 Å². The van der Waals surface area contributed by atoms with Gasteiger partial charge < -0.3 is 5.32 Å². The molecule has 2 aromatic rings. The lowest BCUT2D eigenvalue weighted by molar-refractivity contribution is 0.102. The SMILES string of the molecule is CCc1nn(C)cc1C(=O)Nc1cc(C(C)C)[nH]n1. The summed E-state index contributed by atoms with van der Waals surface area (Å²) in [5, 5.41) is 14.0. The van der Waals surface area contributed by atoms with E-state index >= 15 is 0 Å². The zero-order valence-corrected chi connectivity index (χ0v) is 11.7. The number of carbonyl (C=O) groups is 1. The van der Waals surface area contributed by atoms with Gasteiger partial charge in [-0.1, -0.05) is 20.8 Å². The van der Waals surface area contributed by atoms with Gasteiger partial charge in [0.1, 0.15) is 0 Å². The first-order valence-corrected chi connectivity index (χ1v) is 6.40. The van der Waals surface area contributed by atoms with Crippen LogP contribution in [0, 0.1) is 0 Å². The zero-order valence-electron chi connectivity index (χ0n) is 11.7. The summed E-state index contributed by atoms with van der Waals surface area (Å²) in [4.78, 5) is 12.2. The lowest BCUT2D eigenvalue weighted by Gasteiger charge is -2.00. The maximum absolute atomic E-state index is 12.2. The van der Waals surface area contributed by atoms with Crippen LogP contribution in [0.3, 0.4) is 0 Å². The van der Waals surface area contributed by atoms with Gasteiger partial charge in [-0.3, -0.25) is 14.6 Å². The molecule has 2 heterocycles. The number of anilines is 1. The van der Waals surface area contributed by atoms with Gasteiger partial charge in [-0.25, -0.2) is 0 Å². The maximum Gasteiger partial charge on any atom is 0.260 e. The Morgan fingerprint density at radius 1 is 1.53 bits per heavy atom. The van der Waals surface area contributed by atoms with Gasteiger partial charge in [-0.05, 0) is 12.3 Å². The molecule has 19 heavy (non-hydrogen) atoms. The van der Waals surface area contributed by atoms with E-state index < -0.39 is 0 Å². The Morgan fingerprint density at radius 3 is 2.84 bits per heavy atom. The quantitative estimate of drug-likeness (QED) is 0.884. The predicted molar refractivity (Wildman–Crippen MR) is 73.2 cm³/mol. The number of carbonyl (C=O) groups excluding carboxylic acids is 1. The lowest BCUT2D eigenvalue weighted by atomic mass is 10.1. The topological polar surface area (TPSA) is 75.6 Å². The molecule has 0 unspecified atom stereocenters. The van der Waals surface area contributed by atoms with Gasteiger partial charge >= 0.3 is 0 Å². The van der Waals surface area contributed by atoms with Gasteiger partial charge in [0, 0.05) is 25.0 Å². The Balaban J connectivity index is 2.15. The summed E-state index contributed by atoms with van der Waals surface area (Å²) in [6.07, 6.45) is 2.45. The van der Waals surface area contributed by atoms with Gasteiger partial charge in [0.2, 0.25) is 0 Å². The number of rotatable bonds is 4. The first-order valence-electron chi connectivity index (χ1n) is 6.40. The number of aromatic nitrogens is 4. The minimum Gasteiger partial charge on any atom is -0.305 e. The van der Waals surface area contributed by atoms with Crippen molar-refractivity contribution in [2.75, 3.05) is 5.32 Å². The summed E-state index contributed by atoms with van der Waals surface area (Å²) in [6.45, 7) is 6.11. The van der Waals surface area contributed by atoms with Crippen LogP contribution in [0.1, 0.15) is 48.4 Å². The van der Waals surface area contributed by atoms with Crippen LogP contribution < -0.4 is 5.32 Å². The summed E-state index contributed by atoms with van der Waals surface area (Å²) >= 11 is 0. The zero-order chi connectivity index (χ0) is 14.0.